The zero-order valence-electron chi connectivity index (χ0n) is 17.6. The van der Waals surface area contributed by atoms with Gasteiger partial charge in [0.15, 0.2) is 5.82 Å². The number of hydrogen-bond donors (Lipinski definition) is 0. The molecule has 0 N–H and O–H groups in total. The lowest BCUT2D eigenvalue weighted by molar-refractivity contribution is 1.12. The van der Waals surface area contributed by atoms with E-state index in [2.05, 4.69) is 97.1 Å². The Balaban J connectivity index is 1.45. The first kappa shape index (κ1) is 18.9. The summed E-state index contributed by atoms with van der Waals surface area (Å²) in [5.74, 6) is 0.759. The van der Waals surface area contributed by atoms with E-state index in [0.29, 0.717) is 0 Å². The van der Waals surface area contributed by atoms with Crippen molar-refractivity contribution in [3.8, 4) is 33.8 Å². The van der Waals surface area contributed by atoms with E-state index in [1.165, 1.54) is 31.3 Å². The molecule has 2 heterocycles. The SMILES string of the molecule is Cc1cc(-c2ccc3c(c2)sc2ccccc23)nc(-c2cccc(-c3ccccc3)c2)n1. The van der Waals surface area contributed by atoms with Gasteiger partial charge in [-0.15, -0.1) is 11.3 Å². The molecule has 2 nitrogen and oxygen atoms in total. The Labute approximate surface area is 190 Å². The fourth-order valence-corrected chi connectivity index (χ4v) is 5.34. The van der Waals surface area contributed by atoms with E-state index in [9.17, 15) is 0 Å². The van der Waals surface area contributed by atoms with Crippen LogP contribution in [0.2, 0.25) is 0 Å². The van der Waals surface area contributed by atoms with E-state index in [0.717, 1.165) is 28.3 Å². The molecule has 6 rings (SSSR count). The van der Waals surface area contributed by atoms with Crippen LogP contribution in [0, 0.1) is 6.92 Å². The van der Waals surface area contributed by atoms with Crippen molar-refractivity contribution in [2.45, 2.75) is 6.92 Å². The monoisotopic (exact) mass is 428 g/mol. The van der Waals surface area contributed by atoms with Crippen LogP contribution in [0.15, 0.2) is 103 Å². The van der Waals surface area contributed by atoms with Crippen LogP contribution in [0.4, 0.5) is 0 Å². The Bertz CT molecular complexity index is 1580. The largest absolute Gasteiger partial charge is 0.233 e. The van der Waals surface area contributed by atoms with Crippen molar-refractivity contribution in [1.29, 1.82) is 0 Å². The van der Waals surface area contributed by atoms with Crippen molar-refractivity contribution in [2.75, 3.05) is 0 Å². The molecule has 0 bridgehead atoms. The second-order valence-electron chi connectivity index (χ2n) is 7.97. The molecule has 0 amide bonds. The molecule has 0 radical (unpaired) electrons. The molecule has 0 fully saturated rings. The zero-order chi connectivity index (χ0) is 21.5. The molecule has 0 aliphatic heterocycles. The normalized spacial score (nSPS) is 11.3. The van der Waals surface area contributed by atoms with Crippen molar-refractivity contribution >= 4 is 31.5 Å². The molecule has 3 heteroatoms. The van der Waals surface area contributed by atoms with E-state index in [4.69, 9.17) is 9.97 Å². The van der Waals surface area contributed by atoms with Gasteiger partial charge in [0.1, 0.15) is 0 Å². The Morgan fingerprint density at radius 3 is 2.19 bits per heavy atom. The molecule has 6 aromatic rings. The summed E-state index contributed by atoms with van der Waals surface area (Å²) in [6.07, 6.45) is 0. The second kappa shape index (κ2) is 7.70. The molecule has 2 aromatic heterocycles. The minimum atomic E-state index is 0.759. The summed E-state index contributed by atoms with van der Waals surface area (Å²) in [5, 5.41) is 2.62. The van der Waals surface area contributed by atoms with Crippen LogP contribution in [-0.2, 0) is 0 Å². The number of benzene rings is 4. The highest BCUT2D eigenvalue weighted by Gasteiger charge is 2.11. The van der Waals surface area contributed by atoms with Crippen molar-refractivity contribution in [2.24, 2.45) is 0 Å². The topological polar surface area (TPSA) is 25.8 Å². The summed E-state index contributed by atoms with van der Waals surface area (Å²) in [4.78, 5) is 9.72. The number of rotatable bonds is 3. The van der Waals surface area contributed by atoms with Gasteiger partial charge >= 0.3 is 0 Å². The summed E-state index contributed by atoms with van der Waals surface area (Å²) >= 11 is 1.83. The number of fused-ring (bicyclic) bond motifs is 3. The van der Waals surface area contributed by atoms with E-state index in [1.807, 2.05) is 24.3 Å². The predicted octanol–water partition coefficient (Wildman–Crippen LogP) is 8.15. The second-order valence-corrected chi connectivity index (χ2v) is 9.06. The molecule has 0 unspecified atom stereocenters. The molecule has 0 saturated heterocycles. The van der Waals surface area contributed by atoms with Crippen molar-refractivity contribution in [1.82, 2.24) is 9.97 Å². The average Bonchev–Trinajstić information content (AvgIpc) is 3.22. The van der Waals surface area contributed by atoms with Gasteiger partial charge in [-0.1, -0.05) is 78.9 Å². The Kier molecular flexibility index (Phi) is 4.55. The van der Waals surface area contributed by atoms with Gasteiger partial charge in [0.05, 0.1) is 5.69 Å². The lowest BCUT2D eigenvalue weighted by Gasteiger charge is -2.09. The molecule has 0 atom stereocenters. The van der Waals surface area contributed by atoms with Crippen LogP contribution in [0.1, 0.15) is 5.69 Å². The first-order chi connectivity index (χ1) is 15.7. The fourth-order valence-electron chi connectivity index (χ4n) is 4.20. The molecule has 152 valence electrons. The van der Waals surface area contributed by atoms with Crippen LogP contribution in [-0.4, -0.2) is 9.97 Å². The quantitative estimate of drug-likeness (QED) is 0.284. The lowest BCUT2D eigenvalue weighted by Crippen LogP contribution is -1.95. The van der Waals surface area contributed by atoms with Crippen molar-refractivity contribution < 1.29 is 0 Å². The Morgan fingerprint density at radius 1 is 0.531 bits per heavy atom. The van der Waals surface area contributed by atoms with E-state index >= 15 is 0 Å². The fraction of sp³-hybridized carbons (Fsp3) is 0.0345. The molecule has 0 aliphatic carbocycles. The number of nitrogens with zero attached hydrogens (tertiary/aromatic N) is 2. The number of aryl methyl sites for hydroxylation is 1. The van der Waals surface area contributed by atoms with Crippen LogP contribution < -0.4 is 0 Å². The zero-order valence-corrected chi connectivity index (χ0v) is 18.4. The van der Waals surface area contributed by atoms with Crippen molar-refractivity contribution in [3.05, 3.63) is 109 Å². The molecule has 32 heavy (non-hydrogen) atoms. The first-order valence-electron chi connectivity index (χ1n) is 10.7. The molecule has 0 saturated carbocycles. The standard InChI is InChI=1S/C29H20N2S/c1-19-16-26(22-14-15-25-24-12-5-6-13-27(24)32-28(25)18-22)31-29(30-19)23-11-7-10-21(17-23)20-8-3-2-4-9-20/h2-18H,1H3. The highest BCUT2D eigenvalue weighted by atomic mass is 32.1. The van der Waals surface area contributed by atoms with Crippen molar-refractivity contribution in [3.63, 3.8) is 0 Å². The van der Waals surface area contributed by atoms with Gasteiger partial charge in [0.25, 0.3) is 0 Å². The van der Waals surface area contributed by atoms with Gasteiger partial charge < -0.3 is 0 Å². The number of aromatic nitrogens is 2. The maximum absolute atomic E-state index is 4.96. The van der Waals surface area contributed by atoms with E-state index in [1.54, 1.807) is 0 Å². The summed E-state index contributed by atoms with van der Waals surface area (Å²) < 4.78 is 2.60. The highest BCUT2D eigenvalue weighted by Crippen LogP contribution is 2.36. The lowest BCUT2D eigenvalue weighted by atomic mass is 10.0. The van der Waals surface area contributed by atoms with Gasteiger partial charge in [-0.3, -0.25) is 0 Å². The van der Waals surface area contributed by atoms with E-state index in [-0.39, 0.29) is 0 Å². The summed E-state index contributed by atoms with van der Waals surface area (Å²) in [7, 11) is 0. The Morgan fingerprint density at radius 2 is 1.28 bits per heavy atom. The molecule has 0 spiro atoms. The van der Waals surface area contributed by atoms with E-state index < -0.39 is 0 Å². The molecule has 0 aliphatic rings. The number of thiophene rings is 1. The third kappa shape index (κ3) is 3.37. The average molecular weight is 429 g/mol. The minimum absolute atomic E-state index is 0.759. The molecular weight excluding hydrogens is 408 g/mol. The highest BCUT2D eigenvalue weighted by molar-refractivity contribution is 7.25. The summed E-state index contributed by atoms with van der Waals surface area (Å²) in [6, 6.07) is 36.2. The third-order valence-corrected chi connectivity index (χ3v) is 6.89. The maximum atomic E-state index is 4.96. The summed E-state index contributed by atoms with van der Waals surface area (Å²) in [6.45, 7) is 2.04. The van der Waals surface area contributed by atoms with Gasteiger partial charge in [-0.25, -0.2) is 9.97 Å². The van der Waals surface area contributed by atoms with Gasteiger partial charge in [-0.05, 0) is 42.3 Å². The third-order valence-electron chi connectivity index (χ3n) is 5.76. The first-order valence-corrected chi connectivity index (χ1v) is 11.5. The summed E-state index contributed by atoms with van der Waals surface area (Å²) in [5.41, 5.74) is 6.43. The van der Waals surface area contributed by atoms with Gasteiger partial charge in [-0.2, -0.15) is 0 Å². The minimum Gasteiger partial charge on any atom is -0.233 e. The van der Waals surface area contributed by atoms with Crippen LogP contribution in [0.25, 0.3) is 53.9 Å². The van der Waals surface area contributed by atoms with Gasteiger partial charge in [0.2, 0.25) is 0 Å². The molecular formula is C29H20N2S. The van der Waals surface area contributed by atoms with Crippen LogP contribution in [0.3, 0.4) is 0 Å². The maximum Gasteiger partial charge on any atom is 0.160 e. The van der Waals surface area contributed by atoms with Crippen LogP contribution in [0.5, 0.6) is 0 Å². The van der Waals surface area contributed by atoms with Gasteiger partial charge in [0, 0.05) is 37.0 Å². The number of hydrogen-bond acceptors (Lipinski definition) is 3. The smallest absolute Gasteiger partial charge is 0.160 e. The van der Waals surface area contributed by atoms with Crippen LogP contribution >= 0.6 is 11.3 Å². The Hall–Kier alpha value is -3.82. The molecule has 4 aromatic carbocycles. The predicted molar refractivity (Wildman–Crippen MR) is 136 cm³/mol.